The van der Waals surface area contributed by atoms with E-state index < -0.39 is 18.3 Å². The minimum absolute atomic E-state index is 0.0382. The van der Waals surface area contributed by atoms with Crippen LogP contribution in [0.25, 0.3) is 0 Å². The number of benzene rings is 2. The smallest absolute Gasteiger partial charge is 0.393 e. The molecule has 0 spiro atoms. The molecule has 0 saturated carbocycles. The number of fused-ring (bicyclic) bond motifs is 1. The number of aryl methyl sites for hydroxylation is 1. The van der Waals surface area contributed by atoms with E-state index in [4.69, 9.17) is 0 Å². The molecule has 1 amide bonds. The molecule has 0 unspecified atom stereocenters. The molecule has 1 aliphatic rings. The predicted octanol–water partition coefficient (Wildman–Crippen LogP) is 3.70. The molecule has 126 valence electrons. The van der Waals surface area contributed by atoms with Crippen molar-refractivity contribution in [2.45, 2.75) is 31.7 Å². The first kappa shape index (κ1) is 16.5. The molecule has 0 aliphatic heterocycles. The van der Waals surface area contributed by atoms with Crippen LogP contribution in [-0.2, 0) is 12.8 Å². The first-order valence-electron chi connectivity index (χ1n) is 7.63. The second-order valence-electron chi connectivity index (χ2n) is 5.79. The number of nitrogens with zero attached hydrogens (tertiary/aromatic N) is 1. The molecular formula is C18H16F3NO2. The summed E-state index contributed by atoms with van der Waals surface area (Å²) in [4.78, 5) is 12.4. The molecule has 0 saturated heterocycles. The van der Waals surface area contributed by atoms with Gasteiger partial charge in [0.25, 0.3) is 5.91 Å². The van der Waals surface area contributed by atoms with Gasteiger partial charge in [0.15, 0.2) is 0 Å². The topological polar surface area (TPSA) is 40.5 Å². The van der Waals surface area contributed by atoms with Gasteiger partial charge in [0.1, 0.15) is 0 Å². The summed E-state index contributed by atoms with van der Waals surface area (Å²) in [5.74, 6) is -1.13. The van der Waals surface area contributed by atoms with E-state index in [0.29, 0.717) is 18.4 Å². The third kappa shape index (κ3) is 3.14. The zero-order valence-electron chi connectivity index (χ0n) is 12.8. The zero-order chi connectivity index (χ0) is 17.3. The van der Waals surface area contributed by atoms with Crippen molar-refractivity contribution in [1.29, 1.82) is 0 Å². The maximum atomic E-state index is 13.7. The van der Waals surface area contributed by atoms with Crippen molar-refractivity contribution < 1.29 is 23.1 Å². The molecular weight excluding hydrogens is 319 g/mol. The van der Waals surface area contributed by atoms with Gasteiger partial charge in [-0.3, -0.25) is 4.79 Å². The largest absolute Gasteiger partial charge is 0.491 e. The van der Waals surface area contributed by atoms with E-state index in [-0.39, 0.29) is 22.6 Å². The minimum atomic E-state index is -4.86. The number of hydrogen-bond donors (Lipinski definition) is 1. The fourth-order valence-corrected chi connectivity index (χ4v) is 3.03. The number of rotatable bonds is 2. The number of aliphatic hydroxyl groups excluding tert-OH is 1. The van der Waals surface area contributed by atoms with Gasteiger partial charge in [-0.05, 0) is 42.2 Å². The highest BCUT2D eigenvalue weighted by atomic mass is 19.4. The van der Waals surface area contributed by atoms with E-state index in [0.717, 1.165) is 5.56 Å². The van der Waals surface area contributed by atoms with E-state index in [2.05, 4.69) is 0 Å². The molecule has 0 radical (unpaired) electrons. The molecule has 0 fully saturated rings. The third-order valence-electron chi connectivity index (χ3n) is 4.15. The SMILES string of the molecule is O=C(c1ccccc1)N(c1cccc2c1C[C@H](O)CC2)C(F)(F)F. The van der Waals surface area contributed by atoms with Crippen molar-refractivity contribution in [2.24, 2.45) is 0 Å². The molecule has 6 heteroatoms. The van der Waals surface area contributed by atoms with Crippen LogP contribution < -0.4 is 4.90 Å². The maximum absolute atomic E-state index is 13.7. The van der Waals surface area contributed by atoms with Gasteiger partial charge in [0, 0.05) is 12.0 Å². The Kier molecular flexibility index (Phi) is 4.32. The average molecular weight is 335 g/mol. The van der Waals surface area contributed by atoms with Crippen LogP contribution in [0, 0.1) is 0 Å². The molecule has 3 nitrogen and oxygen atoms in total. The molecule has 0 aromatic heterocycles. The van der Waals surface area contributed by atoms with Crippen molar-refractivity contribution in [1.82, 2.24) is 0 Å². The summed E-state index contributed by atoms with van der Waals surface area (Å²) in [6.07, 6.45) is -4.43. The van der Waals surface area contributed by atoms with E-state index in [9.17, 15) is 23.1 Å². The Morgan fingerprint density at radius 1 is 1.08 bits per heavy atom. The number of hydrogen-bond acceptors (Lipinski definition) is 2. The Bertz CT molecular complexity index is 744. The second kappa shape index (κ2) is 6.28. The Morgan fingerprint density at radius 2 is 1.79 bits per heavy atom. The van der Waals surface area contributed by atoms with Gasteiger partial charge in [0.2, 0.25) is 0 Å². The van der Waals surface area contributed by atoms with Crippen LogP contribution >= 0.6 is 0 Å². The fraction of sp³-hybridized carbons (Fsp3) is 0.278. The molecule has 0 bridgehead atoms. The number of anilines is 1. The quantitative estimate of drug-likeness (QED) is 0.850. The van der Waals surface area contributed by atoms with E-state index in [1.165, 1.54) is 36.4 Å². The molecule has 1 N–H and O–H groups in total. The lowest BCUT2D eigenvalue weighted by Crippen LogP contribution is -2.44. The van der Waals surface area contributed by atoms with Gasteiger partial charge < -0.3 is 5.11 Å². The number of aliphatic hydroxyl groups is 1. The Labute approximate surface area is 137 Å². The van der Waals surface area contributed by atoms with Gasteiger partial charge in [-0.1, -0.05) is 30.3 Å². The minimum Gasteiger partial charge on any atom is -0.393 e. The summed E-state index contributed by atoms with van der Waals surface area (Å²) in [7, 11) is 0. The van der Waals surface area contributed by atoms with Gasteiger partial charge >= 0.3 is 6.30 Å². The lowest BCUT2D eigenvalue weighted by Gasteiger charge is -2.30. The highest BCUT2D eigenvalue weighted by Gasteiger charge is 2.44. The second-order valence-corrected chi connectivity index (χ2v) is 5.79. The average Bonchev–Trinajstić information content (AvgIpc) is 2.55. The maximum Gasteiger partial charge on any atom is 0.491 e. The van der Waals surface area contributed by atoms with Gasteiger partial charge in [0.05, 0.1) is 11.8 Å². The number of carbonyl (C=O) groups excluding carboxylic acids is 1. The van der Waals surface area contributed by atoms with Crippen molar-refractivity contribution in [3.8, 4) is 0 Å². The van der Waals surface area contributed by atoms with Crippen LogP contribution in [0.2, 0.25) is 0 Å². The van der Waals surface area contributed by atoms with E-state index in [1.807, 2.05) is 0 Å². The van der Waals surface area contributed by atoms with Crippen molar-refractivity contribution in [3.05, 3.63) is 65.2 Å². The van der Waals surface area contributed by atoms with Crippen LogP contribution in [0.3, 0.4) is 0 Å². The molecule has 24 heavy (non-hydrogen) atoms. The molecule has 1 aliphatic carbocycles. The monoisotopic (exact) mass is 335 g/mol. The normalized spacial score (nSPS) is 17.2. The van der Waals surface area contributed by atoms with Crippen LogP contribution in [0.15, 0.2) is 48.5 Å². The first-order chi connectivity index (χ1) is 11.4. The molecule has 3 rings (SSSR count). The standard InChI is InChI=1S/C18H16F3NO2/c19-18(20,21)22(17(24)13-5-2-1-3-6-13)16-8-4-7-12-9-10-14(23)11-15(12)16/h1-8,14,23H,9-11H2/t14-/m1/s1. The van der Waals surface area contributed by atoms with Crippen molar-refractivity contribution in [3.63, 3.8) is 0 Å². The summed E-state index contributed by atoms with van der Waals surface area (Å²) in [6.45, 7) is 0. The highest BCUT2D eigenvalue weighted by Crippen LogP contribution is 2.37. The number of carbonyl (C=O) groups is 1. The first-order valence-corrected chi connectivity index (χ1v) is 7.63. The predicted molar refractivity (Wildman–Crippen MR) is 83.8 cm³/mol. The van der Waals surface area contributed by atoms with Crippen molar-refractivity contribution in [2.75, 3.05) is 4.90 Å². The van der Waals surface area contributed by atoms with Crippen LogP contribution in [0.1, 0.15) is 27.9 Å². The third-order valence-corrected chi connectivity index (χ3v) is 4.15. The van der Waals surface area contributed by atoms with E-state index in [1.54, 1.807) is 12.1 Å². The van der Waals surface area contributed by atoms with Crippen LogP contribution in [0.4, 0.5) is 18.9 Å². The van der Waals surface area contributed by atoms with Crippen LogP contribution in [-0.4, -0.2) is 23.4 Å². The number of alkyl halides is 3. The number of amides is 1. The summed E-state index contributed by atoms with van der Waals surface area (Å²) < 4.78 is 41.0. The Balaban J connectivity index is 2.10. The van der Waals surface area contributed by atoms with Gasteiger partial charge in [-0.2, -0.15) is 0 Å². The summed E-state index contributed by atoms with van der Waals surface area (Å²) in [6, 6.07) is 11.9. The van der Waals surface area contributed by atoms with Gasteiger partial charge in [-0.25, -0.2) is 4.90 Å². The molecule has 2 aromatic carbocycles. The Morgan fingerprint density at radius 3 is 2.46 bits per heavy atom. The zero-order valence-corrected chi connectivity index (χ0v) is 12.8. The molecule has 0 heterocycles. The lowest BCUT2D eigenvalue weighted by molar-refractivity contribution is -0.122. The molecule has 1 atom stereocenters. The fourth-order valence-electron chi connectivity index (χ4n) is 3.03. The highest BCUT2D eigenvalue weighted by molar-refractivity contribution is 6.07. The lowest BCUT2D eigenvalue weighted by atomic mass is 9.88. The molecule has 2 aromatic rings. The summed E-state index contributed by atoms with van der Waals surface area (Å²) in [5, 5.41) is 9.84. The van der Waals surface area contributed by atoms with E-state index >= 15 is 0 Å². The van der Waals surface area contributed by atoms with Gasteiger partial charge in [-0.15, -0.1) is 13.2 Å². The summed E-state index contributed by atoms with van der Waals surface area (Å²) in [5.41, 5.74) is 0.891. The summed E-state index contributed by atoms with van der Waals surface area (Å²) >= 11 is 0. The number of halogens is 3. The van der Waals surface area contributed by atoms with Crippen LogP contribution in [0.5, 0.6) is 0 Å². The van der Waals surface area contributed by atoms with Crippen molar-refractivity contribution >= 4 is 11.6 Å². The Hall–Kier alpha value is -2.34.